The van der Waals surface area contributed by atoms with E-state index in [2.05, 4.69) is 0 Å². The van der Waals surface area contributed by atoms with E-state index in [1.54, 1.807) is 13.8 Å². The first-order chi connectivity index (χ1) is 7.02. The highest BCUT2D eigenvalue weighted by molar-refractivity contribution is 7.74. The van der Waals surface area contributed by atoms with Crippen LogP contribution in [0.15, 0.2) is 0 Å². The van der Waals surface area contributed by atoms with Crippen LogP contribution in [0, 0.1) is 0 Å². The van der Waals surface area contributed by atoms with Gasteiger partial charge >= 0.3 is 0 Å². The second kappa shape index (κ2) is 7.61. The largest absolute Gasteiger partial charge is 0.287 e. The number of rotatable bonds is 4. The van der Waals surface area contributed by atoms with Crippen LogP contribution in [0.2, 0.25) is 0 Å². The van der Waals surface area contributed by atoms with Gasteiger partial charge in [0.05, 0.1) is 0 Å². The van der Waals surface area contributed by atoms with Crippen LogP contribution in [0.1, 0.15) is 39.5 Å². The molecule has 0 saturated heterocycles. The van der Waals surface area contributed by atoms with Crippen molar-refractivity contribution in [3.05, 3.63) is 0 Å². The Kier molecular flexibility index (Phi) is 7.27. The van der Waals surface area contributed by atoms with E-state index in [-0.39, 0.29) is 22.9 Å². The Balaban J connectivity index is 4.98. The van der Waals surface area contributed by atoms with Crippen molar-refractivity contribution in [1.82, 2.24) is 0 Å². The summed E-state index contributed by atoms with van der Waals surface area (Å²) in [6.07, 6.45) is 1.57. The van der Waals surface area contributed by atoms with Crippen LogP contribution >= 0.6 is 0 Å². The summed E-state index contributed by atoms with van der Waals surface area (Å²) in [6, 6.07) is 0. The molecule has 0 N–H and O–H groups in total. The van der Waals surface area contributed by atoms with E-state index in [0.717, 1.165) is 0 Å². The maximum Gasteiger partial charge on any atom is 0.241 e. The van der Waals surface area contributed by atoms with Gasteiger partial charge < -0.3 is 0 Å². The zero-order valence-corrected chi connectivity index (χ0v) is 10.3. The summed E-state index contributed by atoms with van der Waals surface area (Å²) in [5.74, 6) is 0. The minimum Gasteiger partial charge on any atom is -0.287 e. The highest BCUT2D eigenvalue weighted by Gasteiger charge is 2.08. The summed E-state index contributed by atoms with van der Waals surface area (Å²) in [6.45, 7) is 3.56. The van der Waals surface area contributed by atoms with Gasteiger partial charge in [0.15, 0.2) is 10.1 Å². The first kappa shape index (κ1) is 14.3. The maximum absolute atomic E-state index is 10.7. The van der Waals surface area contributed by atoms with E-state index in [1.165, 1.54) is 0 Å². The summed E-state index contributed by atoms with van der Waals surface area (Å²) in [7, 11) is -4.99. The predicted octanol–water partition coefficient (Wildman–Crippen LogP) is 0.621. The van der Waals surface area contributed by atoms with Gasteiger partial charge in [-0.3, -0.25) is 4.74 Å². The van der Waals surface area contributed by atoms with Crippen molar-refractivity contribution < 1.29 is 21.6 Å². The molecular weight excluding hydrogens is 240 g/mol. The monoisotopic (exact) mass is 254 g/mol. The first-order valence-corrected chi connectivity index (χ1v) is 6.75. The minimum atomic E-state index is -2.49. The third-order valence-electron chi connectivity index (χ3n) is 1.51. The quantitative estimate of drug-likeness (QED) is 0.687. The Hall–Kier alpha value is -0.660. The molecule has 0 atom stereocenters. The lowest BCUT2D eigenvalue weighted by atomic mass is 10.3. The zero-order valence-electron chi connectivity index (χ0n) is 8.69. The molecule has 88 valence electrons. The molecule has 0 rings (SSSR count). The van der Waals surface area contributed by atoms with Crippen molar-refractivity contribution in [2.24, 2.45) is 0 Å². The topological polar surface area (TPSA) is 77.5 Å². The fourth-order valence-corrected chi connectivity index (χ4v) is 2.00. The molecule has 0 amide bonds. The molecule has 0 aliphatic heterocycles. The maximum atomic E-state index is 10.7. The van der Waals surface area contributed by atoms with Gasteiger partial charge in [0.1, 0.15) is 0 Å². The van der Waals surface area contributed by atoms with E-state index in [9.17, 15) is 16.8 Å². The second-order valence-corrected chi connectivity index (χ2v) is 4.67. The second-order valence-electron chi connectivity index (χ2n) is 2.82. The summed E-state index contributed by atoms with van der Waals surface area (Å²) in [4.78, 5) is 0. The molecule has 0 spiro atoms. The highest BCUT2D eigenvalue weighted by Crippen LogP contribution is 1.98. The molecule has 0 saturated carbocycles. The smallest absolute Gasteiger partial charge is 0.241 e. The summed E-state index contributed by atoms with van der Waals surface area (Å²) in [5, 5.41) is -0.435. The summed E-state index contributed by atoms with van der Waals surface area (Å²) < 4.78 is 47.6. The number of hydrogen-bond donors (Lipinski definition) is 0. The Morgan fingerprint density at radius 1 is 0.867 bits per heavy atom. The van der Waals surface area contributed by atoms with Gasteiger partial charge in [0, 0.05) is 12.8 Å². The molecular formula is C8H14O5S2. The van der Waals surface area contributed by atoms with E-state index >= 15 is 0 Å². The van der Waals surface area contributed by atoms with Gasteiger partial charge in [-0.1, -0.05) is 13.8 Å². The normalized spacial score (nSPS) is 9.73. The van der Waals surface area contributed by atoms with Crippen LogP contribution in [0.4, 0.5) is 0 Å². The van der Waals surface area contributed by atoms with Gasteiger partial charge in [-0.05, 0) is 12.8 Å². The highest BCUT2D eigenvalue weighted by atomic mass is 32.2. The van der Waals surface area contributed by atoms with Crippen LogP contribution in [0.5, 0.6) is 0 Å². The van der Waals surface area contributed by atoms with Crippen molar-refractivity contribution in [2.75, 3.05) is 0 Å². The Morgan fingerprint density at radius 3 is 1.40 bits per heavy atom. The van der Waals surface area contributed by atoms with Crippen LogP contribution < -0.4 is 0 Å². The molecule has 0 aromatic rings. The average molecular weight is 254 g/mol. The van der Waals surface area contributed by atoms with Crippen LogP contribution in [-0.4, -0.2) is 26.9 Å². The Morgan fingerprint density at radius 2 is 1.20 bits per heavy atom. The van der Waals surface area contributed by atoms with E-state index in [0.29, 0.717) is 12.8 Å². The van der Waals surface area contributed by atoms with E-state index < -0.39 is 20.6 Å². The molecule has 0 aromatic heterocycles. The predicted molar refractivity (Wildman–Crippen MR) is 58.8 cm³/mol. The average Bonchev–Trinajstić information content (AvgIpc) is 2.15. The fourth-order valence-electron chi connectivity index (χ4n) is 0.872. The van der Waals surface area contributed by atoms with Gasteiger partial charge in [-0.25, -0.2) is 0 Å². The molecule has 0 fully saturated rings. The van der Waals surface area contributed by atoms with Gasteiger partial charge in [0.2, 0.25) is 20.6 Å². The number of hydrogen-bond acceptors (Lipinski definition) is 5. The molecule has 15 heavy (non-hydrogen) atoms. The lowest BCUT2D eigenvalue weighted by Crippen LogP contribution is -2.14. The molecule has 5 nitrogen and oxygen atoms in total. The third-order valence-corrected chi connectivity index (χ3v) is 2.83. The van der Waals surface area contributed by atoms with Crippen molar-refractivity contribution in [2.45, 2.75) is 39.5 Å². The van der Waals surface area contributed by atoms with E-state index in [1.807, 2.05) is 0 Å². The summed E-state index contributed by atoms with van der Waals surface area (Å²) in [5.41, 5.74) is 0. The molecule has 0 heterocycles. The summed E-state index contributed by atoms with van der Waals surface area (Å²) >= 11 is 0. The van der Waals surface area contributed by atoms with Crippen LogP contribution in [0.25, 0.3) is 0 Å². The molecule has 0 bridgehead atoms. The van der Waals surface area contributed by atoms with Crippen LogP contribution in [-0.2, 0) is 25.3 Å². The Bertz CT molecular complexity index is 395. The zero-order chi connectivity index (χ0) is 11.8. The van der Waals surface area contributed by atoms with Crippen molar-refractivity contribution in [3.63, 3.8) is 0 Å². The van der Waals surface area contributed by atoms with E-state index in [4.69, 9.17) is 4.74 Å². The van der Waals surface area contributed by atoms with Gasteiger partial charge in [0.25, 0.3) is 0 Å². The van der Waals surface area contributed by atoms with Gasteiger partial charge in [-0.15, -0.1) is 0 Å². The van der Waals surface area contributed by atoms with Gasteiger partial charge in [-0.2, -0.15) is 16.8 Å². The Labute approximate surface area is 92.1 Å². The SMILES string of the molecule is CCCC(OC(CCC)=S(=O)=O)=S(=O)=O. The molecule has 0 radical (unpaired) electrons. The third kappa shape index (κ3) is 5.71. The van der Waals surface area contributed by atoms with Crippen molar-refractivity contribution in [1.29, 1.82) is 0 Å². The molecule has 0 aliphatic rings. The number of ether oxygens (including phenoxy) is 1. The molecule has 0 aliphatic carbocycles. The first-order valence-electron chi connectivity index (χ1n) is 4.60. The van der Waals surface area contributed by atoms with Crippen molar-refractivity contribution in [3.8, 4) is 0 Å². The molecule has 0 unspecified atom stereocenters. The minimum absolute atomic E-state index is 0.209. The standard InChI is InChI=1S/C8H14O5S2/c1-3-5-7(14(9)10)13-8(6-4-2)15(11)12/h3-6H2,1-2H3. The lowest BCUT2D eigenvalue weighted by Gasteiger charge is -2.02. The fraction of sp³-hybridized carbons (Fsp3) is 0.750. The van der Waals surface area contributed by atoms with Crippen molar-refractivity contribution >= 4 is 30.7 Å². The molecule has 0 aromatic carbocycles. The lowest BCUT2D eigenvalue weighted by molar-refractivity contribution is 0.522. The molecule has 7 heteroatoms. The van der Waals surface area contributed by atoms with Crippen LogP contribution in [0.3, 0.4) is 0 Å².